The maximum Gasteiger partial charge on any atom is 2.00 e. The van der Waals surface area contributed by atoms with Crippen LogP contribution in [0.25, 0.3) is 21.9 Å². The van der Waals surface area contributed by atoms with Crippen LogP contribution >= 0.6 is 0 Å². The van der Waals surface area contributed by atoms with Crippen LogP contribution in [0.5, 0.6) is 5.75 Å². The normalized spacial score (nSPS) is 11.3. The van der Waals surface area contributed by atoms with Crippen molar-refractivity contribution in [3.05, 3.63) is 110 Å². The number of fused-ring (bicyclic) bond motifs is 1. The van der Waals surface area contributed by atoms with Gasteiger partial charge in [-0.1, -0.05) is 48.2 Å². The van der Waals surface area contributed by atoms with Gasteiger partial charge in [-0.2, -0.15) is 17.6 Å². The molecule has 0 saturated carbocycles. The second-order valence-corrected chi connectivity index (χ2v) is 10.5. The van der Waals surface area contributed by atoms with Crippen LogP contribution in [-0.4, -0.2) is 32.1 Å². The Balaban J connectivity index is 0.00000420. The Kier molecular flexibility index (Phi) is 9.74. The number of carboxylic acids is 1. The van der Waals surface area contributed by atoms with Gasteiger partial charge in [-0.25, -0.2) is 8.42 Å². The van der Waals surface area contributed by atoms with Gasteiger partial charge in [0, 0.05) is 11.1 Å². The van der Waals surface area contributed by atoms with Gasteiger partial charge in [0.25, 0.3) is 0 Å². The van der Waals surface area contributed by atoms with E-state index in [4.69, 9.17) is 4.74 Å². The average molecular weight is 709 g/mol. The molecule has 0 atom stereocenters. The van der Waals surface area contributed by atoms with E-state index in [0.717, 1.165) is 38.8 Å². The number of sulfonamides is 1. The van der Waals surface area contributed by atoms with Crippen LogP contribution in [0, 0.1) is 25.7 Å². The molecule has 0 fully saturated rings. The van der Waals surface area contributed by atoms with Crippen molar-refractivity contribution in [3.63, 3.8) is 0 Å². The first kappa shape index (κ1) is 30.1. The fourth-order valence-electron chi connectivity index (χ4n) is 3.95. The summed E-state index contributed by atoms with van der Waals surface area (Å²) in [5.41, 5.74) is 1.70. The minimum absolute atomic E-state index is 0. The van der Waals surface area contributed by atoms with Crippen LogP contribution in [0.1, 0.15) is 24.0 Å². The Bertz CT molecular complexity index is 1630. The first-order chi connectivity index (χ1) is 18.2. The van der Waals surface area contributed by atoms with Crippen LogP contribution in [-0.2, 0) is 35.9 Å². The standard InChI is InChI=1S/C31H27NO5S.W/c1-4-31(5-2,30(33)34)32-38(35,36)29-18-15-25(16-19-29)24-11-8-22(9-12-24)6-7-23-10-13-27-21-28(37-3)17-14-26(27)20-23;/h8-21,32H,1-2,4-5H2,3H3,(H,33,34);/q-2;+2. The summed E-state index contributed by atoms with van der Waals surface area (Å²) in [6.07, 6.45) is -0.344. The van der Waals surface area contributed by atoms with Crippen molar-refractivity contribution in [1.82, 2.24) is 4.72 Å². The zero-order chi connectivity index (χ0) is 27.3. The van der Waals surface area contributed by atoms with E-state index in [9.17, 15) is 18.3 Å². The molecule has 0 saturated heterocycles. The molecule has 0 bridgehead atoms. The Labute approximate surface area is 243 Å². The first-order valence-electron chi connectivity index (χ1n) is 11.9. The van der Waals surface area contributed by atoms with Gasteiger partial charge in [-0.15, -0.1) is 0 Å². The molecule has 8 heteroatoms. The SMILES string of the molecule is [CH2-]CC(C[CH2-])(NS(=O)(=O)c1ccc(-c2ccc(C#Cc3ccc4cc(OC)ccc4c3)cc2)cc1)C(=O)O.[W+2]. The zero-order valence-corrected chi connectivity index (χ0v) is 25.1. The van der Waals surface area contributed by atoms with Crippen molar-refractivity contribution in [3.8, 4) is 28.7 Å². The van der Waals surface area contributed by atoms with E-state index in [2.05, 4.69) is 30.4 Å². The molecule has 0 aliphatic rings. The molecule has 0 aliphatic carbocycles. The summed E-state index contributed by atoms with van der Waals surface area (Å²) in [4.78, 5) is 11.6. The number of benzene rings is 4. The van der Waals surface area contributed by atoms with Gasteiger partial charge < -0.3 is 23.7 Å². The number of nitrogens with one attached hydrogen (secondary N) is 1. The van der Waals surface area contributed by atoms with Crippen molar-refractivity contribution in [2.75, 3.05) is 7.11 Å². The summed E-state index contributed by atoms with van der Waals surface area (Å²) in [5, 5.41) is 11.7. The summed E-state index contributed by atoms with van der Waals surface area (Å²) in [7, 11) is -2.43. The fourth-order valence-corrected chi connectivity index (χ4v) is 5.36. The van der Waals surface area contributed by atoms with E-state index < -0.39 is 21.5 Å². The molecule has 198 valence electrons. The molecule has 0 aliphatic heterocycles. The van der Waals surface area contributed by atoms with E-state index in [1.165, 1.54) is 12.1 Å². The largest absolute Gasteiger partial charge is 2.00 e. The van der Waals surface area contributed by atoms with E-state index in [-0.39, 0.29) is 38.8 Å². The molecule has 39 heavy (non-hydrogen) atoms. The molecule has 0 unspecified atom stereocenters. The number of rotatable bonds is 8. The van der Waals surface area contributed by atoms with Gasteiger partial charge in [-0.3, -0.25) is 4.79 Å². The molecule has 0 radical (unpaired) electrons. The van der Waals surface area contributed by atoms with Gasteiger partial charge in [0.2, 0.25) is 10.0 Å². The third-order valence-electron chi connectivity index (χ3n) is 6.37. The molecule has 4 rings (SSSR count). The van der Waals surface area contributed by atoms with Gasteiger partial charge in [0.15, 0.2) is 0 Å². The molecule has 0 heterocycles. The number of hydrogen-bond donors (Lipinski definition) is 2. The number of methoxy groups -OCH3 is 1. The molecule has 6 nitrogen and oxygen atoms in total. The first-order valence-corrected chi connectivity index (χ1v) is 13.3. The number of carboxylic acid groups (broad SMARTS) is 1. The fraction of sp³-hybridized carbons (Fsp3) is 0.129. The number of ether oxygens (including phenoxy) is 1. The minimum Gasteiger partial charge on any atom is -0.497 e. The molecule has 0 spiro atoms. The van der Waals surface area contributed by atoms with Gasteiger partial charge >= 0.3 is 27.0 Å². The van der Waals surface area contributed by atoms with Crippen molar-refractivity contribution < 1.29 is 44.1 Å². The second-order valence-electron chi connectivity index (χ2n) is 8.77. The third-order valence-corrected chi connectivity index (χ3v) is 7.93. The van der Waals surface area contributed by atoms with Crippen molar-refractivity contribution in [1.29, 1.82) is 0 Å². The molecule has 0 aromatic heterocycles. The molecule has 4 aromatic rings. The van der Waals surface area contributed by atoms with Crippen LogP contribution < -0.4 is 9.46 Å². The monoisotopic (exact) mass is 709 g/mol. The van der Waals surface area contributed by atoms with E-state index in [1.54, 1.807) is 19.2 Å². The Morgan fingerprint density at radius 2 is 1.36 bits per heavy atom. The van der Waals surface area contributed by atoms with Crippen LogP contribution in [0.3, 0.4) is 0 Å². The Morgan fingerprint density at radius 1 is 0.846 bits per heavy atom. The maximum absolute atomic E-state index is 12.8. The summed E-state index contributed by atoms with van der Waals surface area (Å²) in [6.45, 7) is 7.15. The smallest absolute Gasteiger partial charge is 0.497 e. The van der Waals surface area contributed by atoms with Gasteiger partial charge in [0.1, 0.15) is 5.75 Å². The molecular formula is C31H27NO5SW. The van der Waals surface area contributed by atoms with E-state index >= 15 is 0 Å². The minimum atomic E-state index is -4.08. The summed E-state index contributed by atoms with van der Waals surface area (Å²) in [6, 6.07) is 25.8. The number of hydrogen-bond acceptors (Lipinski definition) is 4. The maximum atomic E-state index is 12.8. The topological polar surface area (TPSA) is 92.7 Å². The van der Waals surface area contributed by atoms with Crippen molar-refractivity contribution in [2.45, 2.75) is 23.3 Å². The number of carbonyl (C=O) groups is 1. The quantitative estimate of drug-likeness (QED) is 0.187. The second kappa shape index (κ2) is 12.6. The predicted molar refractivity (Wildman–Crippen MR) is 149 cm³/mol. The number of aliphatic carboxylic acids is 1. The van der Waals surface area contributed by atoms with Gasteiger partial charge in [0.05, 0.1) is 17.5 Å². The van der Waals surface area contributed by atoms with Crippen LogP contribution in [0.15, 0.2) is 89.8 Å². The molecule has 2 N–H and O–H groups in total. The summed E-state index contributed by atoms with van der Waals surface area (Å²) < 4.78 is 33.1. The summed E-state index contributed by atoms with van der Waals surface area (Å²) >= 11 is 0. The molecule has 4 aromatic carbocycles. The molecular weight excluding hydrogens is 682 g/mol. The third kappa shape index (κ3) is 6.77. The van der Waals surface area contributed by atoms with Crippen molar-refractivity contribution >= 4 is 26.8 Å². The Morgan fingerprint density at radius 3 is 1.92 bits per heavy atom. The Hall–Kier alpha value is -3.43. The zero-order valence-electron chi connectivity index (χ0n) is 21.3. The van der Waals surface area contributed by atoms with Crippen LogP contribution in [0.2, 0.25) is 0 Å². The molecule has 0 amide bonds. The van der Waals surface area contributed by atoms with E-state index in [1.807, 2.05) is 60.7 Å². The van der Waals surface area contributed by atoms with E-state index in [0.29, 0.717) is 0 Å². The average Bonchev–Trinajstić information content (AvgIpc) is 2.94. The van der Waals surface area contributed by atoms with Crippen LogP contribution in [0.4, 0.5) is 0 Å². The predicted octanol–water partition coefficient (Wildman–Crippen LogP) is 5.46. The van der Waals surface area contributed by atoms with Crippen molar-refractivity contribution in [2.24, 2.45) is 0 Å². The summed E-state index contributed by atoms with van der Waals surface area (Å²) in [5.74, 6) is 5.87. The van der Waals surface area contributed by atoms with Gasteiger partial charge in [-0.05, 0) is 70.4 Å².